The fourth-order valence-corrected chi connectivity index (χ4v) is 3.51. The summed E-state index contributed by atoms with van der Waals surface area (Å²) in [5.74, 6) is -2.83. The van der Waals surface area contributed by atoms with Gasteiger partial charge in [0.2, 0.25) is 0 Å². The van der Waals surface area contributed by atoms with Gasteiger partial charge in [-0.2, -0.15) is 13.2 Å². The van der Waals surface area contributed by atoms with Crippen molar-refractivity contribution in [2.45, 2.75) is 18.8 Å². The summed E-state index contributed by atoms with van der Waals surface area (Å²) in [6.07, 6.45) is 2.07. The number of hydrogen-bond donors (Lipinski definition) is 1. The lowest BCUT2D eigenvalue weighted by Gasteiger charge is -2.35. The molecule has 4 heterocycles. The Labute approximate surface area is 185 Å². The molecule has 3 aromatic heterocycles. The van der Waals surface area contributed by atoms with Crippen LogP contribution in [0.25, 0.3) is 5.65 Å². The fraction of sp³-hybridized carbons (Fsp3) is 0.368. The standard InChI is InChI=1S/C17H19ClN6O.C2HF3O2/c1-21(2)7-14-9-23(8-13-5-19-11-24(13)14)17(25)15-10-22-6-12(18)3-4-16(22)20-15;3-2(4,5)1(6)7/h3-6,10-11,14H,7-9H2,1-2H3;(H,6,7). The number of amides is 1. The molecule has 0 saturated carbocycles. The molecule has 1 aliphatic rings. The third-order valence-electron chi connectivity index (χ3n) is 4.66. The van der Waals surface area contributed by atoms with E-state index in [9.17, 15) is 18.0 Å². The molecule has 1 unspecified atom stereocenters. The summed E-state index contributed by atoms with van der Waals surface area (Å²) in [6.45, 7) is 2.01. The van der Waals surface area contributed by atoms with Crippen molar-refractivity contribution in [3.8, 4) is 0 Å². The average Bonchev–Trinajstić information content (AvgIpc) is 3.33. The number of aliphatic carboxylic acids is 1. The third-order valence-corrected chi connectivity index (χ3v) is 4.89. The van der Waals surface area contributed by atoms with Crippen LogP contribution in [0.15, 0.2) is 37.1 Å². The van der Waals surface area contributed by atoms with E-state index in [4.69, 9.17) is 21.5 Å². The van der Waals surface area contributed by atoms with Crippen LogP contribution in [0.5, 0.6) is 0 Å². The van der Waals surface area contributed by atoms with Gasteiger partial charge in [0.25, 0.3) is 5.91 Å². The molecule has 13 heteroatoms. The number of halogens is 4. The molecule has 0 fully saturated rings. The predicted octanol–water partition coefficient (Wildman–Crippen LogP) is 2.58. The quantitative estimate of drug-likeness (QED) is 0.629. The molecule has 1 amide bonds. The van der Waals surface area contributed by atoms with E-state index in [1.54, 1.807) is 28.9 Å². The van der Waals surface area contributed by atoms with Gasteiger partial charge in [0.15, 0.2) is 0 Å². The second-order valence-electron chi connectivity index (χ2n) is 7.44. The number of carbonyl (C=O) groups excluding carboxylic acids is 1. The molecular weight excluding hydrogens is 453 g/mol. The molecule has 0 spiro atoms. The van der Waals surface area contributed by atoms with E-state index in [0.29, 0.717) is 29.5 Å². The van der Waals surface area contributed by atoms with E-state index in [2.05, 4.69) is 19.4 Å². The minimum atomic E-state index is -5.08. The minimum absolute atomic E-state index is 0.0731. The number of pyridine rings is 1. The number of likely N-dealkylation sites (N-methyl/N-ethyl adjacent to an activating group) is 1. The maximum atomic E-state index is 13.0. The van der Waals surface area contributed by atoms with Crippen LogP contribution in [0.3, 0.4) is 0 Å². The number of aromatic nitrogens is 4. The molecule has 1 N–H and O–H groups in total. The lowest BCUT2D eigenvalue weighted by molar-refractivity contribution is -0.192. The smallest absolute Gasteiger partial charge is 0.475 e. The van der Waals surface area contributed by atoms with Gasteiger partial charge >= 0.3 is 12.1 Å². The van der Waals surface area contributed by atoms with E-state index in [1.807, 2.05) is 31.5 Å². The minimum Gasteiger partial charge on any atom is -0.475 e. The Morgan fingerprint density at radius 1 is 1.28 bits per heavy atom. The number of alkyl halides is 3. The Hall–Kier alpha value is -3.12. The van der Waals surface area contributed by atoms with Crippen LogP contribution in [-0.2, 0) is 11.3 Å². The molecule has 0 saturated heterocycles. The average molecular weight is 473 g/mol. The zero-order valence-electron chi connectivity index (χ0n) is 17.1. The first-order valence-electron chi connectivity index (χ1n) is 9.34. The van der Waals surface area contributed by atoms with Crippen molar-refractivity contribution in [3.05, 3.63) is 53.5 Å². The van der Waals surface area contributed by atoms with Crippen LogP contribution in [0.1, 0.15) is 22.2 Å². The summed E-state index contributed by atoms with van der Waals surface area (Å²) in [5.41, 5.74) is 2.18. The van der Waals surface area contributed by atoms with E-state index in [0.717, 1.165) is 12.2 Å². The number of fused-ring (bicyclic) bond motifs is 2. The highest BCUT2D eigenvalue weighted by molar-refractivity contribution is 6.30. The SMILES string of the molecule is CN(C)CC1CN(C(=O)c2cn3cc(Cl)ccc3n2)Cc2cncn21.O=C(O)C(F)(F)F. The van der Waals surface area contributed by atoms with E-state index in [-0.39, 0.29) is 11.9 Å². The van der Waals surface area contributed by atoms with E-state index >= 15 is 0 Å². The number of hydrogen-bond acceptors (Lipinski definition) is 5. The van der Waals surface area contributed by atoms with Gasteiger partial charge in [-0.15, -0.1) is 0 Å². The normalized spacial score (nSPS) is 16.0. The largest absolute Gasteiger partial charge is 0.490 e. The van der Waals surface area contributed by atoms with Gasteiger partial charge in [-0.1, -0.05) is 11.6 Å². The molecular formula is C19H20ClF3N6O3. The van der Waals surface area contributed by atoms with E-state index in [1.165, 1.54) is 0 Å². The van der Waals surface area contributed by atoms with Gasteiger partial charge < -0.3 is 23.9 Å². The Morgan fingerprint density at radius 2 is 1.97 bits per heavy atom. The van der Waals surface area contributed by atoms with Crippen LogP contribution in [0.2, 0.25) is 5.02 Å². The van der Waals surface area contributed by atoms with Gasteiger partial charge in [0.05, 0.1) is 29.6 Å². The van der Waals surface area contributed by atoms with E-state index < -0.39 is 12.1 Å². The first kappa shape index (κ1) is 23.5. The van der Waals surface area contributed by atoms with Crippen molar-refractivity contribution >= 4 is 29.1 Å². The number of imidazole rings is 2. The van der Waals surface area contributed by atoms with Gasteiger partial charge in [-0.05, 0) is 26.2 Å². The van der Waals surface area contributed by atoms with Gasteiger partial charge in [0, 0.05) is 31.7 Å². The first-order chi connectivity index (χ1) is 15.0. The van der Waals surface area contributed by atoms with Crippen LogP contribution in [0.4, 0.5) is 13.2 Å². The molecule has 32 heavy (non-hydrogen) atoms. The highest BCUT2D eigenvalue weighted by Gasteiger charge is 2.38. The van der Waals surface area contributed by atoms with Crippen LogP contribution >= 0.6 is 11.6 Å². The molecule has 3 aromatic rings. The van der Waals surface area contributed by atoms with Crippen LogP contribution < -0.4 is 0 Å². The summed E-state index contributed by atoms with van der Waals surface area (Å²) in [5, 5.41) is 7.73. The van der Waals surface area contributed by atoms with Crippen molar-refractivity contribution in [1.29, 1.82) is 0 Å². The molecule has 0 aliphatic carbocycles. The van der Waals surface area contributed by atoms with Crippen molar-refractivity contribution < 1.29 is 27.9 Å². The van der Waals surface area contributed by atoms with Gasteiger partial charge in [-0.3, -0.25) is 4.79 Å². The number of carboxylic acids is 1. The number of nitrogens with zero attached hydrogens (tertiary/aromatic N) is 6. The van der Waals surface area contributed by atoms with Crippen LogP contribution in [0, 0.1) is 0 Å². The molecule has 1 atom stereocenters. The van der Waals surface area contributed by atoms with Crippen molar-refractivity contribution in [1.82, 2.24) is 28.7 Å². The zero-order valence-corrected chi connectivity index (χ0v) is 17.9. The lowest BCUT2D eigenvalue weighted by Crippen LogP contribution is -2.43. The summed E-state index contributed by atoms with van der Waals surface area (Å²) in [7, 11) is 4.06. The topological polar surface area (TPSA) is 96.0 Å². The second kappa shape index (κ2) is 9.17. The summed E-state index contributed by atoms with van der Waals surface area (Å²) in [4.78, 5) is 34.5. The Balaban J connectivity index is 0.000000360. The monoisotopic (exact) mass is 472 g/mol. The van der Waals surface area contributed by atoms with Crippen molar-refractivity contribution in [3.63, 3.8) is 0 Å². The number of carbonyl (C=O) groups is 2. The number of rotatable bonds is 3. The molecule has 4 rings (SSSR count). The number of carboxylic acid groups (broad SMARTS) is 1. The second-order valence-corrected chi connectivity index (χ2v) is 7.87. The zero-order chi connectivity index (χ0) is 23.6. The summed E-state index contributed by atoms with van der Waals surface area (Å²) in [6, 6.07) is 3.75. The lowest BCUT2D eigenvalue weighted by atomic mass is 10.1. The molecule has 0 radical (unpaired) electrons. The molecule has 0 aromatic carbocycles. The Bertz CT molecular complexity index is 1130. The van der Waals surface area contributed by atoms with Gasteiger partial charge in [-0.25, -0.2) is 14.8 Å². The maximum Gasteiger partial charge on any atom is 0.490 e. The first-order valence-corrected chi connectivity index (χ1v) is 9.72. The predicted molar refractivity (Wildman–Crippen MR) is 108 cm³/mol. The Kier molecular flexibility index (Phi) is 6.74. The summed E-state index contributed by atoms with van der Waals surface area (Å²) < 4.78 is 35.7. The molecule has 1 aliphatic heterocycles. The highest BCUT2D eigenvalue weighted by atomic mass is 35.5. The summed E-state index contributed by atoms with van der Waals surface area (Å²) >= 11 is 6.01. The molecule has 172 valence electrons. The molecule has 9 nitrogen and oxygen atoms in total. The van der Waals surface area contributed by atoms with Crippen molar-refractivity contribution in [2.75, 3.05) is 27.2 Å². The maximum absolute atomic E-state index is 13.0. The fourth-order valence-electron chi connectivity index (χ4n) is 3.34. The highest BCUT2D eigenvalue weighted by Crippen LogP contribution is 2.23. The Morgan fingerprint density at radius 3 is 2.59 bits per heavy atom. The van der Waals surface area contributed by atoms with Crippen molar-refractivity contribution in [2.24, 2.45) is 0 Å². The van der Waals surface area contributed by atoms with Crippen LogP contribution in [-0.4, -0.2) is 79.1 Å². The third kappa shape index (κ3) is 5.37. The molecule has 0 bridgehead atoms. The van der Waals surface area contributed by atoms with Gasteiger partial charge in [0.1, 0.15) is 11.3 Å².